The van der Waals surface area contributed by atoms with Crippen molar-refractivity contribution >= 4 is 6.03 Å². The maximum Gasteiger partial charge on any atom is 0.315 e. The normalized spacial score (nSPS) is 14.6. The molecule has 5 heteroatoms. The first-order chi connectivity index (χ1) is 11.8. The summed E-state index contributed by atoms with van der Waals surface area (Å²) in [4.78, 5) is 16.8. The molecule has 2 unspecified atom stereocenters. The number of pyridine rings is 1. The molecule has 134 valence electrons. The summed E-state index contributed by atoms with van der Waals surface area (Å²) in [6.07, 6.45) is 1.73. The van der Waals surface area contributed by atoms with Gasteiger partial charge in [-0.25, -0.2) is 4.79 Å². The molecule has 0 radical (unpaired) electrons. The Morgan fingerprint density at radius 1 is 1.20 bits per heavy atom. The largest absolute Gasteiger partial charge is 0.384 e. The number of rotatable bonds is 6. The Bertz CT molecular complexity index is 699. The van der Waals surface area contributed by atoms with Gasteiger partial charge in [0.2, 0.25) is 0 Å². The number of hydrogen-bond acceptors (Lipinski definition) is 3. The van der Waals surface area contributed by atoms with Crippen LogP contribution in [0.2, 0.25) is 0 Å². The van der Waals surface area contributed by atoms with Crippen LogP contribution in [0.25, 0.3) is 0 Å². The van der Waals surface area contributed by atoms with E-state index >= 15 is 0 Å². The van der Waals surface area contributed by atoms with Crippen molar-refractivity contribution in [2.45, 2.75) is 39.3 Å². The summed E-state index contributed by atoms with van der Waals surface area (Å²) in [6, 6.07) is 12.7. The van der Waals surface area contributed by atoms with Gasteiger partial charge in [-0.05, 0) is 37.0 Å². The number of aromatic nitrogens is 1. The minimum atomic E-state index is -1.13. The quantitative estimate of drug-likeness (QED) is 0.755. The van der Waals surface area contributed by atoms with E-state index in [0.29, 0.717) is 0 Å². The Labute approximate surface area is 149 Å². The second-order valence-electron chi connectivity index (χ2n) is 6.89. The first kappa shape index (κ1) is 18.9. The molecule has 5 nitrogen and oxygen atoms in total. The number of carbonyl (C=O) groups is 1. The zero-order valence-electron chi connectivity index (χ0n) is 15.3. The predicted molar refractivity (Wildman–Crippen MR) is 99.1 cm³/mol. The van der Waals surface area contributed by atoms with E-state index in [2.05, 4.69) is 15.6 Å². The molecule has 3 N–H and O–H groups in total. The smallest absolute Gasteiger partial charge is 0.315 e. The van der Waals surface area contributed by atoms with Crippen LogP contribution >= 0.6 is 0 Å². The van der Waals surface area contributed by atoms with Gasteiger partial charge in [-0.15, -0.1) is 0 Å². The summed E-state index contributed by atoms with van der Waals surface area (Å²) >= 11 is 0. The summed E-state index contributed by atoms with van der Waals surface area (Å²) in [5.74, 6) is 0.189. The lowest BCUT2D eigenvalue weighted by Gasteiger charge is -2.27. The van der Waals surface area contributed by atoms with Gasteiger partial charge in [0.25, 0.3) is 0 Å². The van der Waals surface area contributed by atoms with E-state index in [1.54, 1.807) is 13.1 Å². The van der Waals surface area contributed by atoms with Gasteiger partial charge in [0.05, 0.1) is 18.3 Å². The number of hydrogen-bond donors (Lipinski definition) is 3. The van der Waals surface area contributed by atoms with Crippen molar-refractivity contribution in [3.05, 3.63) is 65.5 Å². The van der Waals surface area contributed by atoms with Crippen molar-refractivity contribution in [1.82, 2.24) is 15.6 Å². The number of carbonyl (C=O) groups excluding carboxylic acids is 1. The summed E-state index contributed by atoms with van der Waals surface area (Å²) in [5.41, 5.74) is 1.53. The van der Waals surface area contributed by atoms with E-state index in [9.17, 15) is 9.90 Å². The first-order valence-electron chi connectivity index (χ1n) is 8.55. The molecule has 2 rings (SSSR count). The lowest BCUT2D eigenvalue weighted by Crippen LogP contribution is -2.45. The Hall–Kier alpha value is -2.40. The van der Waals surface area contributed by atoms with Gasteiger partial charge >= 0.3 is 6.03 Å². The second kappa shape index (κ2) is 8.12. The molecule has 2 amide bonds. The number of nitrogens with one attached hydrogen (secondary N) is 2. The standard InChI is InChI=1S/C20H27N3O2/c1-14(2)17(18-15(3)9-8-12-21-18)23-19(24)22-13-20(4,25)16-10-6-5-7-11-16/h5-12,14,17,25H,13H2,1-4H3,(H2,22,23,24). The predicted octanol–water partition coefficient (Wildman–Crippen LogP) is 3.29. The highest BCUT2D eigenvalue weighted by Crippen LogP contribution is 2.23. The SMILES string of the molecule is Cc1cccnc1C(NC(=O)NCC(C)(O)c1ccccc1)C(C)C. The Kier molecular flexibility index (Phi) is 6.15. The summed E-state index contributed by atoms with van der Waals surface area (Å²) < 4.78 is 0. The molecule has 0 spiro atoms. The molecule has 1 heterocycles. The minimum Gasteiger partial charge on any atom is -0.384 e. The zero-order chi connectivity index (χ0) is 18.4. The summed E-state index contributed by atoms with van der Waals surface area (Å²) in [5, 5.41) is 16.3. The third-order valence-electron chi connectivity index (χ3n) is 4.29. The summed E-state index contributed by atoms with van der Waals surface area (Å²) in [6.45, 7) is 7.87. The molecular weight excluding hydrogens is 314 g/mol. The molecule has 2 atom stereocenters. The van der Waals surface area contributed by atoms with Gasteiger partial charge in [-0.2, -0.15) is 0 Å². The molecule has 0 bridgehead atoms. The highest BCUT2D eigenvalue weighted by Gasteiger charge is 2.25. The fourth-order valence-electron chi connectivity index (χ4n) is 2.72. The fraction of sp³-hybridized carbons (Fsp3) is 0.400. The van der Waals surface area contributed by atoms with Gasteiger partial charge in [-0.3, -0.25) is 4.98 Å². The van der Waals surface area contributed by atoms with Crippen LogP contribution in [0.1, 0.15) is 43.6 Å². The second-order valence-corrected chi connectivity index (χ2v) is 6.89. The number of amides is 2. The molecule has 1 aromatic heterocycles. The molecule has 0 saturated heterocycles. The molecule has 2 aromatic rings. The zero-order valence-corrected chi connectivity index (χ0v) is 15.3. The van der Waals surface area contributed by atoms with E-state index in [1.807, 2.05) is 63.2 Å². The molecule has 1 aromatic carbocycles. The molecule has 0 fully saturated rings. The van der Waals surface area contributed by atoms with Gasteiger partial charge < -0.3 is 15.7 Å². The van der Waals surface area contributed by atoms with Crippen molar-refractivity contribution in [3.63, 3.8) is 0 Å². The molecule has 0 aliphatic rings. The van der Waals surface area contributed by atoms with Crippen LogP contribution in [0.15, 0.2) is 48.7 Å². The number of benzene rings is 1. The van der Waals surface area contributed by atoms with Gasteiger partial charge in [0.1, 0.15) is 5.60 Å². The van der Waals surface area contributed by atoms with Crippen molar-refractivity contribution in [2.24, 2.45) is 5.92 Å². The first-order valence-corrected chi connectivity index (χ1v) is 8.55. The van der Waals surface area contributed by atoms with Crippen molar-refractivity contribution in [1.29, 1.82) is 0 Å². The average molecular weight is 341 g/mol. The van der Waals surface area contributed by atoms with Crippen LogP contribution in [0.3, 0.4) is 0 Å². The highest BCUT2D eigenvalue weighted by atomic mass is 16.3. The van der Waals surface area contributed by atoms with Gasteiger partial charge in [-0.1, -0.05) is 50.2 Å². The van der Waals surface area contributed by atoms with E-state index in [0.717, 1.165) is 16.8 Å². The third kappa shape index (κ3) is 5.03. The van der Waals surface area contributed by atoms with E-state index in [1.165, 1.54) is 0 Å². The van der Waals surface area contributed by atoms with Gasteiger partial charge in [0, 0.05) is 6.20 Å². The maximum atomic E-state index is 12.4. The van der Waals surface area contributed by atoms with Gasteiger partial charge in [0.15, 0.2) is 0 Å². The lowest BCUT2D eigenvalue weighted by atomic mass is 9.96. The maximum absolute atomic E-state index is 12.4. The van der Waals surface area contributed by atoms with Crippen LogP contribution < -0.4 is 10.6 Å². The van der Waals surface area contributed by atoms with E-state index in [4.69, 9.17) is 0 Å². The lowest BCUT2D eigenvalue weighted by molar-refractivity contribution is 0.0592. The van der Waals surface area contributed by atoms with Crippen LogP contribution in [-0.4, -0.2) is 22.7 Å². The molecular formula is C20H27N3O2. The molecule has 25 heavy (non-hydrogen) atoms. The summed E-state index contributed by atoms with van der Waals surface area (Å²) in [7, 11) is 0. The van der Waals surface area contributed by atoms with Crippen LogP contribution in [-0.2, 0) is 5.60 Å². The number of nitrogens with zero attached hydrogens (tertiary/aromatic N) is 1. The number of urea groups is 1. The van der Waals surface area contributed by atoms with Crippen LogP contribution in [0.5, 0.6) is 0 Å². The number of aryl methyl sites for hydroxylation is 1. The van der Waals surface area contributed by atoms with Crippen LogP contribution in [0, 0.1) is 12.8 Å². The number of aliphatic hydroxyl groups is 1. The average Bonchev–Trinajstić information content (AvgIpc) is 2.59. The Balaban J connectivity index is 2.02. The molecule has 0 aliphatic carbocycles. The van der Waals surface area contributed by atoms with Crippen molar-refractivity contribution in [3.8, 4) is 0 Å². The molecule has 0 aliphatic heterocycles. The third-order valence-corrected chi connectivity index (χ3v) is 4.29. The van der Waals surface area contributed by atoms with Crippen molar-refractivity contribution < 1.29 is 9.90 Å². The van der Waals surface area contributed by atoms with E-state index < -0.39 is 5.60 Å². The topological polar surface area (TPSA) is 74.2 Å². The minimum absolute atomic E-state index is 0.120. The fourth-order valence-corrected chi connectivity index (χ4v) is 2.72. The van der Waals surface area contributed by atoms with E-state index in [-0.39, 0.29) is 24.5 Å². The Morgan fingerprint density at radius 2 is 1.88 bits per heavy atom. The molecule has 0 saturated carbocycles. The Morgan fingerprint density at radius 3 is 2.48 bits per heavy atom. The highest BCUT2D eigenvalue weighted by molar-refractivity contribution is 5.74. The van der Waals surface area contributed by atoms with Crippen molar-refractivity contribution in [2.75, 3.05) is 6.54 Å². The van der Waals surface area contributed by atoms with Crippen LogP contribution in [0.4, 0.5) is 4.79 Å². The monoisotopic (exact) mass is 341 g/mol.